The summed E-state index contributed by atoms with van der Waals surface area (Å²) in [4.78, 5) is 18.0. The lowest BCUT2D eigenvalue weighted by molar-refractivity contribution is -0.0511. The third-order valence-corrected chi connectivity index (χ3v) is 4.92. The summed E-state index contributed by atoms with van der Waals surface area (Å²) < 4.78 is 36.6. The molecule has 9 heteroatoms. The SMILES string of the molecule is COc1ccc(NC(=O)c2cc(-c3ccccc3)nc3c2c(C)nn3C)cc1OC(F)F. The van der Waals surface area contributed by atoms with Gasteiger partial charge in [0.1, 0.15) is 0 Å². The molecule has 0 saturated heterocycles. The monoisotopic (exact) mass is 438 g/mol. The first kappa shape index (κ1) is 21.2. The van der Waals surface area contributed by atoms with Gasteiger partial charge in [-0.2, -0.15) is 13.9 Å². The highest BCUT2D eigenvalue weighted by molar-refractivity contribution is 6.13. The van der Waals surface area contributed by atoms with Crippen LogP contribution in [0.2, 0.25) is 0 Å². The average molecular weight is 438 g/mol. The van der Waals surface area contributed by atoms with Gasteiger partial charge in [-0.05, 0) is 25.1 Å². The molecule has 0 aliphatic rings. The molecular weight excluding hydrogens is 418 g/mol. The van der Waals surface area contributed by atoms with Gasteiger partial charge < -0.3 is 14.8 Å². The topological polar surface area (TPSA) is 78.3 Å². The van der Waals surface area contributed by atoms with E-state index in [2.05, 4.69) is 20.1 Å². The molecule has 2 aromatic carbocycles. The molecule has 0 saturated carbocycles. The molecule has 0 fully saturated rings. The van der Waals surface area contributed by atoms with Crippen molar-refractivity contribution in [3.63, 3.8) is 0 Å². The number of rotatable bonds is 6. The molecule has 0 aliphatic carbocycles. The number of nitrogens with zero attached hydrogens (tertiary/aromatic N) is 3. The number of alkyl halides is 2. The van der Waals surface area contributed by atoms with E-state index in [0.29, 0.717) is 28.0 Å². The lowest BCUT2D eigenvalue weighted by atomic mass is 10.0. The summed E-state index contributed by atoms with van der Waals surface area (Å²) in [5, 5.41) is 7.76. The zero-order valence-corrected chi connectivity index (χ0v) is 17.6. The van der Waals surface area contributed by atoms with Gasteiger partial charge in [0.2, 0.25) is 0 Å². The number of ether oxygens (including phenoxy) is 2. The Kier molecular flexibility index (Phi) is 5.72. The summed E-state index contributed by atoms with van der Waals surface area (Å²) in [6.07, 6.45) is 0. The fourth-order valence-corrected chi connectivity index (χ4v) is 3.52. The molecular formula is C23H20F2N4O3. The van der Waals surface area contributed by atoms with E-state index in [1.54, 1.807) is 30.8 Å². The molecule has 0 radical (unpaired) electrons. The van der Waals surface area contributed by atoms with E-state index in [4.69, 9.17) is 4.74 Å². The number of halogens is 2. The van der Waals surface area contributed by atoms with Crippen LogP contribution in [0.4, 0.5) is 14.5 Å². The maximum atomic E-state index is 13.3. The van der Waals surface area contributed by atoms with Crippen molar-refractivity contribution >= 4 is 22.6 Å². The number of hydrogen-bond acceptors (Lipinski definition) is 5. The molecule has 2 aromatic heterocycles. The summed E-state index contributed by atoms with van der Waals surface area (Å²) >= 11 is 0. The number of aryl methyl sites for hydroxylation is 2. The Balaban J connectivity index is 1.77. The van der Waals surface area contributed by atoms with Crippen molar-refractivity contribution in [3.05, 3.63) is 65.9 Å². The molecule has 164 valence electrons. The Morgan fingerprint density at radius 2 is 1.84 bits per heavy atom. The first-order chi connectivity index (χ1) is 15.4. The van der Waals surface area contributed by atoms with E-state index in [1.165, 1.54) is 19.2 Å². The average Bonchev–Trinajstić information content (AvgIpc) is 3.07. The Morgan fingerprint density at radius 1 is 1.09 bits per heavy atom. The molecule has 0 unspecified atom stereocenters. The number of amides is 1. The van der Waals surface area contributed by atoms with Crippen molar-refractivity contribution in [1.29, 1.82) is 0 Å². The fourth-order valence-electron chi connectivity index (χ4n) is 3.52. The smallest absolute Gasteiger partial charge is 0.387 e. The lowest BCUT2D eigenvalue weighted by Crippen LogP contribution is -2.14. The molecule has 0 atom stereocenters. The van der Waals surface area contributed by atoms with Gasteiger partial charge in [-0.25, -0.2) is 4.98 Å². The predicted molar refractivity (Wildman–Crippen MR) is 116 cm³/mol. The van der Waals surface area contributed by atoms with Gasteiger partial charge in [0, 0.05) is 24.4 Å². The molecule has 2 heterocycles. The van der Waals surface area contributed by atoms with Crippen molar-refractivity contribution < 1.29 is 23.0 Å². The van der Waals surface area contributed by atoms with Crippen LogP contribution in [0, 0.1) is 6.92 Å². The van der Waals surface area contributed by atoms with Crippen molar-refractivity contribution in [2.24, 2.45) is 7.05 Å². The minimum Gasteiger partial charge on any atom is -0.493 e. The van der Waals surface area contributed by atoms with Gasteiger partial charge in [0.25, 0.3) is 5.91 Å². The zero-order valence-electron chi connectivity index (χ0n) is 17.6. The van der Waals surface area contributed by atoms with Gasteiger partial charge in [-0.15, -0.1) is 0 Å². The second-order valence-corrected chi connectivity index (χ2v) is 7.03. The van der Waals surface area contributed by atoms with E-state index >= 15 is 0 Å². The normalized spacial score (nSPS) is 11.1. The Hall–Kier alpha value is -4.01. The van der Waals surface area contributed by atoms with Gasteiger partial charge in [0.05, 0.1) is 29.4 Å². The van der Waals surface area contributed by atoms with Crippen LogP contribution in [-0.4, -0.2) is 34.4 Å². The number of nitrogens with one attached hydrogen (secondary N) is 1. The maximum Gasteiger partial charge on any atom is 0.387 e. The minimum absolute atomic E-state index is 0.129. The van der Waals surface area contributed by atoms with Crippen molar-refractivity contribution in [2.45, 2.75) is 13.5 Å². The van der Waals surface area contributed by atoms with Crippen LogP contribution in [-0.2, 0) is 7.05 Å². The molecule has 0 aliphatic heterocycles. The number of benzene rings is 2. The van der Waals surface area contributed by atoms with E-state index in [-0.39, 0.29) is 17.2 Å². The van der Waals surface area contributed by atoms with Crippen LogP contribution in [0.15, 0.2) is 54.6 Å². The number of anilines is 1. The molecule has 7 nitrogen and oxygen atoms in total. The third kappa shape index (κ3) is 4.09. The Bertz CT molecular complexity index is 1290. The van der Waals surface area contributed by atoms with Crippen LogP contribution in [0.3, 0.4) is 0 Å². The molecule has 4 rings (SSSR count). The predicted octanol–water partition coefficient (Wildman–Crippen LogP) is 4.81. The highest BCUT2D eigenvalue weighted by Crippen LogP contribution is 2.32. The molecule has 0 bridgehead atoms. The Morgan fingerprint density at radius 3 is 2.53 bits per heavy atom. The summed E-state index contributed by atoms with van der Waals surface area (Å²) in [5.74, 6) is -0.481. The quantitative estimate of drug-likeness (QED) is 0.468. The van der Waals surface area contributed by atoms with Crippen molar-refractivity contribution in [3.8, 4) is 22.8 Å². The van der Waals surface area contributed by atoms with Crippen molar-refractivity contribution in [2.75, 3.05) is 12.4 Å². The molecule has 1 N–H and O–H groups in total. The lowest BCUT2D eigenvalue weighted by Gasteiger charge is -2.13. The van der Waals surface area contributed by atoms with E-state index in [1.807, 2.05) is 30.3 Å². The highest BCUT2D eigenvalue weighted by Gasteiger charge is 2.20. The van der Waals surface area contributed by atoms with E-state index in [9.17, 15) is 13.6 Å². The number of pyridine rings is 1. The van der Waals surface area contributed by atoms with Crippen LogP contribution >= 0.6 is 0 Å². The van der Waals surface area contributed by atoms with Gasteiger partial charge in [-0.3, -0.25) is 9.48 Å². The number of methoxy groups -OCH3 is 1. The summed E-state index contributed by atoms with van der Waals surface area (Å²) in [7, 11) is 3.10. The van der Waals surface area contributed by atoms with Crippen LogP contribution in [0.1, 0.15) is 16.1 Å². The van der Waals surface area contributed by atoms with Gasteiger partial charge in [0.15, 0.2) is 17.1 Å². The second kappa shape index (κ2) is 8.62. The summed E-state index contributed by atoms with van der Waals surface area (Å²) in [6.45, 7) is -1.23. The fraction of sp³-hybridized carbons (Fsp3) is 0.174. The molecule has 4 aromatic rings. The zero-order chi connectivity index (χ0) is 22.8. The number of carbonyl (C=O) groups is 1. The first-order valence-electron chi connectivity index (χ1n) is 9.71. The summed E-state index contributed by atoms with van der Waals surface area (Å²) in [5.41, 5.74) is 3.31. The number of aromatic nitrogens is 3. The Labute approximate surface area is 182 Å². The highest BCUT2D eigenvalue weighted by atomic mass is 19.3. The molecule has 32 heavy (non-hydrogen) atoms. The standard InChI is InChI=1S/C23H20F2N4O3/c1-13-20-16(12-17(14-7-5-4-6-8-14)27-21(20)29(2)28-13)22(30)26-15-9-10-18(31-3)19(11-15)32-23(24)25/h4-12,23H,1-3H3,(H,26,30). The largest absolute Gasteiger partial charge is 0.493 e. The number of hydrogen-bond donors (Lipinski definition) is 1. The van der Waals surface area contributed by atoms with Crippen LogP contribution in [0.5, 0.6) is 11.5 Å². The van der Waals surface area contributed by atoms with E-state index in [0.717, 1.165) is 5.56 Å². The first-order valence-corrected chi connectivity index (χ1v) is 9.71. The molecule has 1 amide bonds. The van der Waals surface area contributed by atoms with Crippen LogP contribution < -0.4 is 14.8 Å². The van der Waals surface area contributed by atoms with Gasteiger partial charge >= 0.3 is 6.61 Å². The number of carbonyl (C=O) groups excluding carboxylic acids is 1. The number of fused-ring (bicyclic) bond motifs is 1. The third-order valence-electron chi connectivity index (χ3n) is 4.92. The maximum absolute atomic E-state index is 13.3. The minimum atomic E-state index is -3.03. The van der Waals surface area contributed by atoms with Crippen molar-refractivity contribution in [1.82, 2.24) is 14.8 Å². The summed E-state index contributed by atoms with van der Waals surface area (Å²) in [6, 6.07) is 15.4. The van der Waals surface area contributed by atoms with E-state index < -0.39 is 12.5 Å². The van der Waals surface area contributed by atoms with Crippen LogP contribution in [0.25, 0.3) is 22.3 Å². The van der Waals surface area contributed by atoms with Gasteiger partial charge in [-0.1, -0.05) is 30.3 Å². The molecule has 0 spiro atoms. The second-order valence-electron chi connectivity index (χ2n) is 7.03.